The predicted octanol–water partition coefficient (Wildman–Crippen LogP) is 5.52. The predicted molar refractivity (Wildman–Crippen MR) is 77.8 cm³/mol. The summed E-state index contributed by atoms with van der Waals surface area (Å²) in [5, 5.41) is 0. The Morgan fingerprint density at radius 2 is 1.29 bits per heavy atom. The summed E-state index contributed by atoms with van der Waals surface area (Å²) in [5.74, 6) is 2.06. The van der Waals surface area contributed by atoms with Crippen LogP contribution in [0.15, 0.2) is 18.2 Å². The van der Waals surface area contributed by atoms with Gasteiger partial charge in [0, 0.05) is 0 Å². The molecule has 17 heavy (non-hydrogen) atoms. The molecule has 0 saturated carbocycles. The van der Waals surface area contributed by atoms with Crippen molar-refractivity contribution in [2.45, 2.75) is 66.2 Å². The highest BCUT2D eigenvalue weighted by atomic mass is 14.2. The summed E-state index contributed by atoms with van der Waals surface area (Å²) in [6.45, 7) is 13.8. The highest BCUT2D eigenvalue weighted by Crippen LogP contribution is 2.29. The molecule has 0 nitrogen and oxygen atoms in total. The lowest BCUT2D eigenvalue weighted by atomic mass is 9.85. The molecule has 0 aromatic heterocycles. The normalized spacial score (nSPS) is 11.8. The van der Waals surface area contributed by atoms with Crippen molar-refractivity contribution >= 4 is 0 Å². The van der Waals surface area contributed by atoms with Crippen LogP contribution < -0.4 is 0 Å². The van der Waals surface area contributed by atoms with Crippen LogP contribution in [-0.4, -0.2) is 0 Å². The quantitative estimate of drug-likeness (QED) is 0.627. The van der Waals surface area contributed by atoms with E-state index in [2.05, 4.69) is 59.7 Å². The van der Waals surface area contributed by atoms with Crippen LogP contribution in [-0.2, 0) is 6.42 Å². The highest BCUT2D eigenvalue weighted by Gasteiger charge is 2.13. The molecule has 0 unspecified atom stereocenters. The van der Waals surface area contributed by atoms with E-state index in [1.54, 1.807) is 16.7 Å². The first-order valence-electron chi connectivity index (χ1n) is 7.05. The van der Waals surface area contributed by atoms with Crippen molar-refractivity contribution < 1.29 is 0 Å². The Bertz CT molecular complexity index is 319. The van der Waals surface area contributed by atoms with Gasteiger partial charge >= 0.3 is 0 Å². The molecule has 0 saturated heterocycles. The van der Waals surface area contributed by atoms with Crippen molar-refractivity contribution in [3.63, 3.8) is 0 Å². The Morgan fingerprint density at radius 3 is 1.65 bits per heavy atom. The summed E-state index contributed by atoms with van der Waals surface area (Å²) in [7, 11) is 0. The number of benzene rings is 1. The maximum Gasteiger partial charge on any atom is -0.0216 e. The van der Waals surface area contributed by atoms with Crippen LogP contribution in [0.5, 0.6) is 0 Å². The van der Waals surface area contributed by atoms with Crippen molar-refractivity contribution in [1.82, 2.24) is 0 Å². The minimum atomic E-state index is 0.635. The zero-order chi connectivity index (χ0) is 13.0. The Hall–Kier alpha value is -0.780. The fourth-order valence-electron chi connectivity index (χ4n) is 2.43. The van der Waals surface area contributed by atoms with E-state index in [0.717, 1.165) is 5.92 Å². The third-order valence-corrected chi connectivity index (χ3v) is 3.46. The Labute approximate surface area is 107 Å². The molecule has 0 heteroatoms. The lowest BCUT2D eigenvalue weighted by Gasteiger charge is -2.20. The van der Waals surface area contributed by atoms with Crippen LogP contribution in [0.3, 0.4) is 0 Å². The average Bonchev–Trinajstić information content (AvgIpc) is 2.25. The van der Waals surface area contributed by atoms with E-state index in [9.17, 15) is 0 Å². The molecule has 1 aromatic rings. The highest BCUT2D eigenvalue weighted by molar-refractivity contribution is 5.39. The van der Waals surface area contributed by atoms with Gasteiger partial charge in [-0.2, -0.15) is 0 Å². The number of hydrogen-bond acceptors (Lipinski definition) is 0. The van der Waals surface area contributed by atoms with Crippen molar-refractivity contribution in [3.05, 3.63) is 34.9 Å². The zero-order valence-corrected chi connectivity index (χ0v) is 12.4. The van der Waals surface area contributed by atoms with Crippen LogP contribution in [0.4, 0.5) is 0 Å². The van der Waals surface area contributed by atoms with Crippen molar-refractivity contribution in [3.8, 4) is 0 Å². The van der Waals surface area contributed by atoms with Gasteiger partial charge in [0.2, 0.25) is 0 Å². The molecule has 1 aromatic carbocycles. The molecule has 0 N–H and O–H groups in total. The van der Waals surface area contributed by atoms with E-state index < -0.39 is 0 Å². The first-order valence-corrected chi connectivity index (χ1v) is 7.05. The molecule has 0 radical (unpaired) electrons. The van der Waals surface area contributed by atoms with E-state index in [4.69, 9.17) is 0 Å². The molecule has 0 aliphatic rings. The van der Waals surface area contributed by atoms with E-state index in [1.807, 2.05) is 0 Å². The summed E-state index contributed by atoms with van der Waals surface area (Å²) < 4.78 is 0. The van der Waals surface area contributed by atoms with E-state index in [0.29, 0.717) is 11.8 Å². The van der Waals surface area contributed by atoms with Gasteiger partial charge in [0.05, 0.1) is 0 Å². The summed E-state index contributed by atoms with van der Waals surface area (Å²) in [4.78, 5) is 0. The van der Waals surface area contributed by atoms with Gasteiger partial charge in [0.1, 0.15) is 0 Å². The van der Waals surface area contributed by atoms with Crippen LogP contribution in [0.1, 0.15) is 76.5 Å². The second-order valence-corrected chi connectivity index (χ2v) is 6.16. The largest absolute Gasteiger partial charge is 0.0628 e. The SMILES string of the molecule is CC(C)CCc1c(C(C)C)cccc1C(C)C. The summed E-state index contributed by atoms with van der Waals surface area (Å²) in [5.41, 5.74) is 4.72. The van der Waals surface area contributed by atoms with Gasteiger partial charge in [-0.3, -0.25) is 0 Å². The molecule has 0 aliphatic heterocycles. The summed E-state index contributed by atoms with van der Waals surface area (Å²) in [6.07, 6.45) is 2.53. The summed E-state index contributed by atoms with van der Waals surface area (Å²) in [6, 6.07) is 6.85. The number of hydrogen-bond donors (Lipinski definition) is 0. The van der Waals surface area contributed by atoms with Gasteiger partial charge in [-0.1, -0.05) is 59.7 Å². The van der Waals surface area contributed by atoms with Gasteiger partial charge in [-0.05, 0) is 47.3 Å². The third kappa shape index (κ3) is 3.87. The molecule has 0 aliphatic carbocycles. The van der Waals surface area contributed by atoms with Crippen LogP contribution >= 0.6 is 0 Å². The van der Waals surface area contributed by atoms with Crippen LogP contribution in [0, 0.1) is 5.92 Å². The first kappa shape index (κ1) is 14.3. The van der Waals surface area contributed by atoms with Crippen LogP contribution in [0.25, 0.3) is 0 Å². The van der Waals surface area contributed by atoms with Crippen molar-refractivity contribution in [2.75, 3.05) is 0 Å². The van der Waals surface area contributed by atoms with Gasteiger partial charge < -0.3 is 0 Å². The van der Waals surface area contributed by atoms with E-state index >= 15 is 0 Å². The second kappa shape index (κ2) is 6.23. The van der Waals surface area contributed by atoms with Crippen LogP contribution in [0.2, 0.25) is 0 Å². The van der Waals surface area contributed by atoms with Gasteiger partial charge in [-0.25, -0.2) is 0 Å². The Kier molecular flexibility index (Phi) is 5.24. The standard InChI is InChI=1S/C17H28/c1-12(2)10-11-17-15(13(3)4)8-7-9-16(17)14(5)6/h7-9,12-14H,10-11H2,1-6H3. The van der Waals surface area contributed by atoms with Gasteiger partial charge in [0.15, 0.2) is 0 Å². The molecular formula is C17H28. The maximum atomic E-state index is 2.31. The minimum absolute atomic E-state index is 0.635. The van der Waals surface area contributed by atoms with Gasteiger partial charge in [-0.15, -0.1) is 0 Å². The smallest absolute Gasteiger partial charge is 0.0216 e. The van der Waals surface area contributed by atoms with Crippen molar-refractivity contribution in [1.29, 1.82) is 0 Å². The lowest BCUT2D eigenvalue weighted by molar-refractivity contribution is 0.580. The van der Waals surface area contributed by atoms with E-state index in [1.165, 1.54) is 12.8 Å². The fraction of sp³-hybridized carbons (Fsp3) is 0.647. The average molecular weight is 232 g/mol. The number of rotatable bonds is 5. The Balaban J connectivity index is 3.09. The molecule has 0 amide bonds. The minimum Gasteiger partial charge on any atom is -0.0628 e. The molecule has 0 fully saturated rings. The fourth-order valence-corrected chi connectivity index (χ4v) is 2.43. The topological polar surface area (TPSA) is 0 Å². The van der Waals surface area contributed by atoms with E-state index in [-0.39, 0.29) is 0 Å². The molecule has 0 spiro atoms. The summed E-state index contributed by atoms with van der Waals surface area (Å²) >= 11 is 0. The third-order valence-electron chi connectivity index (χ3n) is 3.46. The second-order valence-electron chi connectivity index (χ2n) is 6.16. The Morgan fingerprint density at radius 1 is 0.824 bits per heavy atom. The molecule has 96 valence electrons. The lowest BCUT2D eigenvalue weighted by Crippen LogP contribution is -2.05. The maximum absolute atomic E-state index is 2.31. The van der Waals surface area contributed by atoms with Crippen molar-refractivity contribution in [2.24, 2.45) is 5.92 Å². The molecule has 0 atom stereocenters. The molecule has 1 rings (SSSR count). The molecular weight excluding hydrogens is 204 g/mol. The monoisotopic (exact) mass is 232 g/mol. The van der Waals surface area contributed by atoms with Gasteiger partial charge in [0.25, 0.3) is 0 Å². The molecule has 0 heterocycles. The molecule has 0 bridgehead atoms. The first-order chi connectivity index (χ1) is 7.93. The zero-order valence-electron chi connectivity index (χ0n) is 12.4.